The van der Waals surface area contributed by atoms with E-state index < -0.39 is 11.7 Å². The van der Waals surface area contributed by atoms with E-state index in [9.17, 15) is 18.0 Å². The number of nitrogens with zero attached hydrogens (tertiary/aromatic N) is 3. The van der Waals surface area contributed by atoms with E-state index in [0.717, 1.165) is 49.0 Å². The summed E-state index contributed by atoms with van der Waals surface area (Å²) in [5, 5.41) is 2.49. The van der Waals surface area contributed by atoms with E-state index in [2.05, 4.69) is 4.98 Å². The van der Waals surface area contributed by atoms with Gasteiger partial charge in [-0.15, -0.1) is 11.3 Å². The molecular weight excluding hydrogens is 503 g/mol. The second kappa shape index (κ2) is 12.0. The quantitative estimate of drug-likeness (QED) is 0.337. The first-order valence-corrected chi connectivity index (χ1v) is 13.0. The Labute approximate surface area is 218 Å². The van der Waals surface area contributed by atoms with E-state index in [1.807, 2.05) is 21.9 Å². The van der Waals surface area contributed by atoms with Crippen molar-refractivity contribution in [1.29, 1.82) is 0 Å². The van der Waals surface area contributed by atoms with Gasteiger partial charge in [-0.3, -0.25) is 9.69 Å². The third kappa shape index (κ3) is 7.01. The van der Waals surface area contributed by atoms with Gasteiger partial charge in [0.2, 0.25) is 0 Å². The van der Waals surface area contributed by atoms with E-state index in [1.165, 1.54) is 23.5 Å². The Morgan fingerprint density at radius 2 is 1.81 bits per heavy atom. The first-order valence-electron chi connectivity index (χ1n) is 12.1. The molecule has 0 N–H and O–H groups in total. The van der Waals surface area contributed by atoms with Gasteiger partial charge in [0.15, 0.2) is 0 Å². The third-order valence-electron chi connectivity index (χ3n) is 6.32. The maximum Gasteiger partial charge on any atom is 0.416 e. The number of amides is 1. The van der Waals surface area contributed by atoms with Gasteiger partial charge < -0.3 is 14.4 Å². The van der Waals surface area contributed by atoms with Gasteiger partial charge in [-0.2, -0.15) is 13.2 Å². The van der Waals surface area contributed by atoms with Crippen molar-refractivity contribution in [3.05, 3.63) is 75.2 Å². The van der Waals surface area contributed by atoms with Crippen LogP contribution in [-0.2, 0) is 25.8 Å². The molecule has 2 heterocycles. The van der Waals surface area contributed by atoms with Crippen LogP contribution in [0.15, 0.2) is 47.8 Å². The monoisotopic (exact) mass is 533 g/mol. The summed E-state index contributed by atoms with van der Waals surface area (Å²) in [5.41, 5.74) is 1.12. The van der Waals surface area contributed by atoms with E-state index in [1.54, 1.807) is 31.7 Å². The molecule has 0 radical (unpaired) electrons. The number of thiazole rings is 1. The van der Waals surface area contributed by atoms with Crippen LogP contribution in [-0.4, -0.2) is 48.0 Å². The smallest absolute Gasteiger partial charge is 0.416 e. The molecule has 2 aromatic carbocycles. The van der Waals surface area contributed by atoms with Gasteiger partial charge in [0.25, 0.3) is 5.91 Å². The summed E-state index contributed by atoms with van der Waals surface area (Å²) in [6.45, 7) is 2.51. The van der Waals surface area contributed by atoms with Gasteiger partial charge >= 0.3 is 6.18 Å². The predicted molar refractivity (Wildman–Crippen MR) is 136 cm³/mol. The number of aromatic nitrogens is 1. The molecule has 198 valence electrons. The molecule has 6 nitrogen and oxygen atoms in total. The van der Waals surface area contributed by atoms with Crippen LogP contribution in [0.4, 0.5) is 13.2 Å². The summed E-state index contributed by atoms with van der Waals surface area (Å²) >= 11 is 1.38. The Balaban J connectivity index is 1.57. The minimum Gasteiger partial charge on any atom is -0.497 e. The molecule has 0 saturated carbocycles. The minimum atomic E-state index is -4.42. The van der Waals surface area contributed by atoms with Crippen molar-refractivity contribution in [1.82, 2.24) is 14.8 Å². The minimum absolute atomic E-state index is 0.0662. The molecule has 1 fully saturated rings. The van der Waals surface area contributed by atoms with Crippen molar-refractivity contribution in [2.45, 2.75) is 45.1 Å². The van der Waals surface area contributed by atoms with Crippen LogP contribution in [0.5, 0.6) is 11.5 Å². The molecule has 0 spiro atoms. The fraction of sp³-hybridized carbons (Fsp3) is 0.407. The molecule has 1 aliphatic heterocycles. The average Bonchev–Trinajstić information content (AvgIpc) is 3.37. The Bertz CT molecular complexity index is 1210. The second-order valence-electron chi connectivity index (χ2n) is 9.00. The molecule has 3 aromatic rings. The van der Waals surface area contributed by atoms with Crippen molar-refractivity contribution >= 4 is 17.2 Å². The lowest BCUT2D eigenvalue weighted by molar-refractivity contribution is -0.137. The number of piperidine rings is 1. The Morgan fingerprint density at radius 3 is 2.51 bits per heavy atom. The highest BCUT2D eigenvalue weighted by molar-refractivity contribution is 7.09. The fourth-order valence-electron chi connectivity index (χ4n) is 4.43. The van der Waals surface area contributed by atoms with Crippen molar-refractivity contribution in [3.8, 4) is 11.5 Å². The molecule has 4 rings (SSSR count). The molecule has 0 atom stereocenters. The van der Waals surface area contributed by atoms with Crippen molar-refractivity contribution < 1.29 is 27.4 Å². The van der Waals surface area contributed by atoms with Crippen LogP contribution in [0.2, 0.25) is 0 Å². The zero-order chi connectivity index (χ0) is 26.4. The van der Waals surface area contributed by atoms with Crippen molar-refractivity contribution in [3.63, 3.8) is 0 Å². The lowest BCUT2D eigenvalue weighted by atomic mass is 10.1. The van der Waals surface area contributed by atoms with Gasteiger partial charge in [0, 0.05) is 43.2 Å². The normalized spacial score (nSPS) is 14.2. The van der Waals surface area contributed by atoms with Gasteiger partial charge in [0.05, 0.1) is 26.3 Å². The number of hydrogen-bond donors (Lipinski definition) is 0. The largest absolute Gasteiger partial charge is 0.497 e. The summed E-state index contributed by atoms with van der Waals surface area (Å²) in [4.78, 5) is 21.3. The van der Waals surface area contributed by atoms with Gasteiger partial charge in [-0.1, -0.05) is 24.3 Å². The third-order valence-corrected chi connectivity index (χ3v) is 7.16. The zero-order valence-corrected chi connectivity index (χ0v) is 21.7. The molecule has 37 heavy (non-hydrogen) atoms. The topological polar surface area (TPSA) is 54.9 Å². The average molecular weight is 534 g/mol. The highest BCUT2D eigenvalue weighted by Crippen LogP contribution is 2.31. The maximum atomic E-state index is 13.3. The fourth-order valence-corrected chi connectivity index (χ4v) is 5.24. The van der Waals surface area contributed by atoms with Crippen LogP contribution in [0.25, 0.3) is 0 Å². The van der Waals surface area contributed by atoms with Gasteiger partial charge in [-0.25, -0.2) is 4.98 Å². The highest BCUT2D eigenvalue weighted by atomic mass is 32.1. The molecule has 0 aliphatic carbocycles. The summed E-state index contributed by atoms with van der Waals surface area (Å²) in [6.07, 6.45) is -1.29. The van der Waals surface area contributed by atoms with E-state index in [-0.39, 0.29) is 12.5 Å². The number of rotatable bonds is 9. The van der Waals surface area contributed by atoms with Gasteiger partial charge in [-0.05, 0) is 37.0 Å². The van der Waals surface area contributed by atoms with Crippen LogP contribution in [0.1, 0.15) is 51.4 Å². The summed E-state index contributed by atoms with van der Waals surface area (Å²) in [7, 11) is 3.13. The first-order chi connectivity index (χ1) is 17.8. The van der Waals surface area contributed by atoms with Crippen LogP contribution < -0.4 is 9.47 Å². The molecule has 0 unspecified atom stereocenters. The number of likely N-dealkylation sites (tertiary alicyclic amines) is 1. The van der Waals surface area contributed by atoms with Crippen molar-refractivity contribution in [2.24, 2.45) is 0 Å². The number of carbonyl (C=O) groups is 1. The molecule has 10 heteroatoms. The Hall–Kier alpha value is -3.11. The number of halogens is 3. The summed E-state index contributed by atoms with van der Waals surface area (Å²) in [5.74, 6) is 1.20. The lowest BCUT2D eigenvalue weighted by Gasteiger charge is -2.25. The number of methoxy groups -OCH3 is 2. The van der Waals surface area contributed by atoms with Crippen LogP contribution in [0.3, 0.4) is 0 Å². The zero-order valence-electron chi connectivity index (χ0n) is 20.9. The predicted octanol–water partition coefficient (Wildman–Crippen LogP) is 6.01. The van der Waals surface area contributed by atoms with E-state index >= 15 is 0 Å². The summed E-state index contributed by atoms with van der Waals surface area (Å²) < 4.78 is 50.8. The number of benzene rings is 2. The highest BCUT2D eigenvalue weighted by Gasteiger charge is 2.30. The molecular formula is C27H30F3N3O3S. The van der Waals surface area contributed by atoms with Crippen molar-refractivity contribution in [2.75, 3.05) is 27.3 Å². The standard InChI is InChI=1S/C27H30F3N3O3S/c1-35-22-10-9-20(24(14-22)36-2)16-32(15-19-7-6-8-21(13-19)27(28,29)30)17-25-31-23(18-37-25)26(34)33-11-4-3-5-12-33/h6-10,13-14,18H,3-5,11-12,15-17H2,1-2H3. The van der Waals surface area contributed by atoms with E-state index in [0.29, 0.717) is 35.8 Å². The van der Waals surface area contributed by atoms with E-state index in [4.69, 9.17) is 9.47 Å². The lowest BCUT2D eigenvalue weighted by Crippen LogP contribution is -2.35. The Morgan fingerprint density at radius 1 is 1.03 bits per heavy atom. The van der Waals surface area contributed by atoms with Crippen LogP contribution in [0, 0.1) is 0 Å². The molecule has 1 aromatic heterocycles. The van der Waals surface area contributed by atoms with Gasteiger partial charge in [0.1, 0.15) is 22.2 Å². The first kappa shape index (κ1) is 26.9. The number of hydrogen-bond acceptors (Lipinski definition) is 6. The number of carbonyl (C=O) groups excluding carboxylic acids is 1. The number of ether oxygens (including phenoxy) is 2. The molecule has 1 amide bonds. The Kier molecular flexibility index (Phi) is 8.71. The second-order valence-corrected chi connectivity index (χ2v) is 9.94. The SMILES string of the molecule is COc1ccc(CN(Cc2cccc(C(F)(F)F)c2)Cc2nc(C(=O)N3CCCCC3)cs2)c(OC)c1. The summed E-state index contributed by atoms with van der Waals surface area (Å²) in [6, 6.07) is 10.8. The molecule has 1 aliphatic rings. The molecule has 0 bridgehead atoms. The number of alkyl halides is 3. The van der Waals surface area contributed by atoms with Crippen LogP contribution >= 0.6 is 11.3 Å². The maximum absolute atomic E-state index is 13.3. The molecule has 1 saturated heterocycles.